The maximum Gasteiger partial charge on any atom is 0.140 e. The highest BCUT2D eigenvalue weighted by atomic mass is 15.1. The summed E-state index contributed by atoms with van der Waals surface area (Å²) in [4.78, 5) is 4.17. The van der Waals surface area contributed by atoms with E-state index in [1.54, 1.807) is 6.20 Å². The Morgan fingerprint density at radius 2 is 2.45 bits per heavy atom. The molecule has 2 heterocycles. The van der Waals surface area contributed by atoms with E-state index in [0.29, 0.717) is 5.69 Å². The number of hydrogen-bond acceptors (Lipinski definition) is 2. The summed E-state index contributed by atoms with van der Waals surface area (Å²) in [6.45, 7) is 0.970. The van der Waals surface area contributed by atoms with Crippen LogP contribution in [0.2, 0.25) is 0 Å². The lowest BCUT2D eigenvalue weighted by Crippen LogP contribution is -2.11. The van der Waals surface area contributed by atoms with Crippen LogP contribution in [-0.2, 0) is 13.0 Å². The van der Waals surface area contributed by atoms with Crippen LogP contribution < -0.4 is 0 Å². The number of aromatic nitrogens is 2. The van der Waals surface area contributed by atoms with E-state index in [4.69, 9.17) is 5.26 Å². The summed E-state index contributed by atoms with van der Waals surface area (Å²) in [5, 5.41) is 8.67. The zero-order valence-electron chi connectivity index (χ0n) is 6.25. The molecule has 0 bridgehead atoms. The lowest BCUT2D eigenvalue weighted by molar-refractivity contribution is 0.519. The second-order valence-electron chi connectivity index (χ2n) is 2.78. The molecule has 0 aromatic carbocycles. The Morgan fingerprint density at radius 1 is 1.55 bits per heavy atom. The van der Waals surface area contributed by atoms with Gasteiger partial charge in [0.05, 0.1) is 6.20 Å². The van der Waals surface area contributed by atoms with Crippen molar-refractivity contribution in [2.75, 3.05) is 0 Å². The molecular weight excluding hydrogens is 138 g/mol. The normalized spacial score (nSPS) is 15.5. The van der Waals surface area contributed by atoms with Crippen molar-refractivity contribution in [2.45, 2.75) is 25.8 Å². The van der Waals surface area contributed by atoms with Gasteiger partial charge in [-0.15, -0.1) is 0 Å². The van der Waals surface area contributed by atoms with Gasteiger partial charge in [-0.1, -0.05) is 0 Å². The fraction of sp³-hybridized carbons (Fsp3) is 0.500. The van der Waals surface area contributed by atoms with E-state index in [2.05, 4.69) is 11.1 Å². The van der Waals surface area contributed by atoms with Gasteiger partial charge in [-0.2, -0.15) is 5.26 Å². The Labute approximate surface area is 65.3 Å². The number of fused-ring (bicyclic) bond motifs is 1. The van der Waals surface area contributed by atoms with E-state index in [9.17, 15) is 0 Å². The number of nitrogens with zero attached hydrogens (tertiary/aromatic N) is 3. The van der Waals surface area contributed by atoms with Gasteiger partial charge >= 0.3 is 0 Å². The highest BCUT2D eigenvalue weighted by molar-refractivity contribution is 5.21. The van der Waals surface area contributed by atoms with Crippen molar-refractivity contribution in [3.05, 3.63) is 17.7 Å². The molecule has 0 unspecified atom stereocenters. The molecule has 0 N–H and O–H groups in total. The summed E-state index contributed by atoms with van der Waals surface area (Å²) >= 11 is 0. The fourth-order valence-corrected chi connectivity index (χ4v) is 1.51. The summed E-state index contributed by atoms with van der Waals surface area (Å²) in [7, 11) is 0. The first-order chi connectivity index (χ1) is 5.42. The molecule has 2 rings (SSSR count). The van der Waals surface area contributed by atoms with Crippen LogP contribution in [0.5, 0.6) is 0 Å². The predicted octanol–water partition coefficient (Wildman–Crippen LogP) is 1.09. The summed E-state index contributed by atoms with van der Waals surface area (Å²) in [5.41, 5.74) is 0.708. The Balaban J connectivity index is 2.48. The minimum atomic E-state index is 0.708. The molecule has 0 spiro atoms. The molecule has 0 saturated heterocycles. The molecule has 3 nitrogen and oxygen atoms in total. The van der Waals surface area contributed by atoms with E-state index in [-0.39, 0.29) is 0 Å². The van der Waals surface area contributed by atoms with Gasteiger partial charge in [0, 0.05) is 13.0 Å². The monoisotopic (exact) mass is 147 g/mol. The van der Waals surface area contributed by atoms with Crippen molar-refractivity contribution in [3.63, 3.8) is 0 Å². The van der Waals surface area contributed by atoms with E-state index in [1.165, 1.54) is 12.8 Å². The van der Waals surface area contributed by atoms with Gasteiger partial charge in [0.1, 0.15) is 17.6 Å². The predicted molar refractivity (Wildman–Crippen MR) is 39.9 cm³/mol. The first kappa shape index (κ1) is 6.41. The van der Waals surface area contributed by atoms with Crippen LogP contribution in [0.4, 0.5) is 0 Å². The third kappa shape index (κ3) is 0.911. The molecule has 0 saturated carbocycles. The topological polar surface area (TPSA) is 41.6 Å². The fourth-order valence-electron chi connectivity index (χ4n) is 1.51. The molecule has 0 aliphatic carbocycles. The summed E-state index contributed by atoms with van der Waals surface area (Å²) < 4.78 is 2.02. The molecule has 0 atom stereocenters. The van der Waals surface area contributed by atoms with Crippen LogP contribution in [0.3, 0.4) is 0 Å². The van der Waals surface area contributed by atoms with Crippen molar-refractivity contribution in [2.24, 2.45) is 0 Å². The van der Waals surface area contributed by atoms with E-state index >= 15 is 0 Å². The molecule has 0 fully saturated rings. The SMILES string of the molecule is N#Cc1cnc2n1CCCC2. The number of imidazole rings is 1. The van der Waals surface area contributed by atoms with Crippen LogP contribution in [0, 0.1) is 11.3 Å². The molecule has 0 amide bonds. The van der Waals surface area contributed by atoms with Crippen molar-refractivity contribution in [3.8, 4) is 6.07 Å². The van der Waals surface area contributed by atoms with Gasteiger partial charge in [0.2, 0.25) is 0 Å². The number of rotatable bonds is 0. The zero-order valence-corrected chi connectivity index (χ0v) is 6.25. The minimum absolute atomic E-state index is 0.708. The molecule has 56 valence electrons. The lowest BCUT2D eigenvalue weighted by Gasteiger charge is -2.13. The first-order valence-electron chi connectivity index (χ1n) is 3.86. The maximum absolute atomic E-state index is 8.67. The summed E-state index contributed by atoms with van der Waals surface area (Å²) in [5.74, 6) is 1.08. The smallest absolute Gasteiger partial charge is 0.140 e. The van der Waals surface area contributed by atoms with Crippen molar-refractivity contribution < 1.29 is 0 Å². The Bertz CT molecular complexity index is 306. The van der Waals surface area contributed by atoms with Crippen LogP contribution in [0.25, 0.3) is 0 Å². The van der Waals surface area contributed by atoms with Crippen molar-refractivity contribution in [1.29, 1.82) is 5.26 Å². The number of hydrogen-bond donors (Lipinski definition) is 0. The van der Waals surface area contributed by atoms with Gasteiger partial charge in [-0.05, 0) is 12.8 Å². The second kappa shape index (κ2) is 2.39. The minimum Gasteiger partial charge on any atom is -0.320 e. The van der Waals surface area contributed by atoms with E-state index < -0.39 is 0 Å². The van der Waals surface area contributed by atoms with Crippen LogP contribution in [-0.4, -0.2) is 9.55 Å². The second-order valence-corrected chi connectivity index (χ2v) is 2.78. The maximum atomic E-state index is 8.67. The zero-order chi connectivity index (χ0) is 7.68. The Hall–Kier alpha value is -1.30. The average Bonchev–Trinajstić information content (AvgIpc) is 2.47. The van der Waals surface area contributed by atoms with Gasteiger partial charge in [-0.25, -0.2) is 4.98 Å². The summed E-state index contributed by atoms with van der Waals surface area (Å²) in [6.07, 6.45) is 5.09. The Kier molecular flexibility index (Phi) is 1.39. The molecular formula is C8H9N3. The van der Waals surface area contributed by atoms with Crippen LogP contribution in [0.1, 0.15) is 24.4 Å². The lowest BCUT2D eigenvalue weighted by atomic mass is 10.2. The quantitative estimate of drug-likeness (QED) is 0.551. The Morgan fingerprint density at radius 3 is 3.27 bits per heavy atom. The third-order valence-corrected chi connectivity index (χ3v) is 2.08. The van der Waals surface area contributed by atoms with Crippen molar-refractivity contribution >= 4 is 0 Å². The molecule has 3 heteroatoms. The average molecular weight is 147 g/mol. The standard InChI is InChI=1S/C8H9N3/c9-5-7-6-10-8-3-1-2-4-11(7)8/h6H,1-4H2. The molecule has 0 radical (unpaired) electrons. The summed E-state index contributed by atoms with van der Waals surface area (Å²) in [6, 6.07) is 2.14. The van der Waals surface area contributed by atoms with Crippen LogP contribution >= 0.6 is 0 Å². The first-order valence-corrected chi connectivity index (χ1v) is 3.86. The molecule has 11 heavy (non-hydrogen) atoms. The molecule has 1 aromatic rings. The van der Waals surface area contributed by atoms with Gasteiger partial charge < -0.3 is 4.57 Å². The van der Waals surface area contributed by atoms with Gasteiger partial charge in [-0.3, -0.25) is 0 Å². The molecule has 1 aliphatic heterocycles. The van der Waals surface area contributed by atoms with E-state index in [1.807, 2.05) is 4.57 Å². The van der Waals surface area contributed by atoms with Crippen LogP contribution in [0.15, 0.2) is 6.20 Å². The van der Waals surface area contributed by atoms with Gasteiger partial charge in [0.25, 0.3) is 0 Å². The number of aryl methyl sites for hydroxylation is 1. The van der Waals surface area contributed by atoms with E-state index in [0.717, 1.165) is 18.8 Å². The molecule has 1 aromatic heterocycles. The largest absolute Gasteiger partial charge is 0.320 e. The van der Waals surface area contributed by atoms with Gasteiger partial charge in [0.15, 0.2) is 0 Å². The molecule has 1 aliphatic rings. The number of nitriles is 1. The third-order valence-electron chi connectivity index (χ3n) is 2.08. The van der Waals surface area contributed by atoms with Crippen molar-refractivity contribution in [1.82, 2.24) is 9.55 Å². The highest BCUT2D eigenvalue weighted by Crippen LogP contribution is 2.14. The highest BCUT2D eigenvalue weighted by Gasteiger charge is 2.12.